The smallest absolute Gasteiger partial charge is 0.254 e. The molecule has 0 saturated carbocycles. The molecule has 2 N–H and O–H groups in total. The van der Waals surface area contributed by atoms with Gasteiger partial charge < -0.3 is 15.2 Å². The van der Waals surface area contributed by atoms with Crippen molar-refractivity contribution in [1.29, 1.82) is 0 Å². The van der Waals surface area contributed by atoms with Gasteiger partial charge in [-0.2, -0.15) is 0 Å². The maximum Gasteiger partial charge on any atom is 0.254 e. The molecule has 0 unspecified atom stereocenters. The SMILES string of the molecule is O=C([C@H]1CCCN1)N1CCC2(CCc3c2nc(-c2ccccc2)[nH]c3=O)CC1. The van der Waals surface area contributed by atoms with Crippen LogP contribution in [0, 0.1) is 0 Å². The standard InChI is InChI=1S/C22H26N4O2/c27-20-16-8-9-22(18(16)24-19(25-20)15-5-2-1-3-6-15)10-13-26(14-11-22)21(28)17-7-4-12-23-17/h1-3,5-6,17,23H,4,7-14H2,(H,24,25,27)/t17-/m1/s1. The lowest BCUT2D eigenvalue weighted by molar-refractivity contribution is -0.134. The van der Waals surface area contributed by atoms with Crippen molar-refractivity contribution in [3.63, 3.8) is 0 Å². The molecule has 2 aromatic rings. The number of nitrogens with one attached hydrogen (secondary N) is 2. The number of aromatic amines is 1. The van der Waals surface area contributed by atoms with Crippen molar-refractivity contribution in [1.82, 2.24) is 20.2 Å². The molecule has 2 fully saturated rings. The molecule has 1 aliphatic carbocycles. The molecule has 1 spiro atoms. The monoisotopic (exact) mass is 378 g/mol. The lowest BCUT2D eigenvalue weighted by atomic mass is 9.76. The molecule has 146 valence electrons. The third kappa shape index (κ3) is 2.87. The van der Waals surface area contributed by atoms with Crippen LogP contribution in [0.2, 0.25) is 0 Å². The summed E-state index contributed by atoms with van der Waals surface area (Å²) in [5, 5.41) is 3.31. The molecule has 1 amide bonds. The highest BCUT2D eigenvalue weighted by Gasteiger charge is 2.45. The highest BCUT2D eigenvalue weighted by atomic mass is 16.2. The van der Waals surface area contributed by atoms with Gasteiger partial charge >= 0.3 is 0 Å². The first-order chi connectivity index (χ1) is 13.7. The highest BCUT2D eigenvalue weighted by molar-refractivity contribution is 5.82. The van der Waals surface area contributed by atoms with Gasteiger partial charge in [0.25, 0.3) is 5.56 Å². The zero-order chi connectivity index (χ0) is 19.1. The molecule has 3 aliphatic rings. The van der Waals surface area contributed by atoms with Crippen LogP contribution in [0.25, 0.3) is 11.4 Å². The van der Waals surface area contributed by atoms with Crippen molar-refractivity contribution in [3.05, 3.63) is 51.9 Å². The van der Waals surface area contributed by atoms with E-state index in [1.54, 1.807) is 0 Å². The summed E-state index contributed by atoms with van der Waals surface area (Å²) in [5.74, 6) is 0.897. The van der Waals surface area contributed by atoms with E-state index in [-0.39, 0.29) is 22.9 Å². The summed E-state index contributed by atoms with van der Waals surface area (Å²) < 4.78 is 0. The van der Waals surface area contributed by atoms with Gasteiger partial charge in [-0.05, 0) is 45.1 Å². The zero-order valence-corrected chi connectivity index (χ0v) is 16.0. The van der Waals surface area contributed by atoms with Crippen LogP contribution < -0.4 is 10.9 Å². The largest absolute Gasteiger partial charge is 0.341 e. The number of carbonyl (C=O) groups excluding carboxylic acids is 1. The van der Waals surface area contributed by atoms with E-state index in [0.29, 0.717) is 5.82 Å². The Kier molecular flexibility index (Phi) is 4.31. The summed E-state index contributed by atoms with van der Waals surface area (Å²) in [6.45, 7) is 2.45. The molecular weight excluding hydrogens is 352 g/mol. The van der Waals surface area contributed by atoms with Crippen LogP contribution in [0.15, 0.2) is 35.1 Å². The van der Waals surface area contributed by atoms with Crippen LogP contribution >= 0.6 is 0 Å². The van der Waals surface area contributed by atoms with Gasteiger partial charge in [0.15, 0.2) is 0 Å². The average molecular weight is 378 g/mol. The Hall–Kier alpha value is -2.47. The molecule has 3 heterocycles. The summed E-state index contributed by atoms with van der Waals surface area (Å²) in [7, 11) is 0. The minimum Gasteiger partial charge on any atom is -0.341 e. The van der Waals surface area contributed by atoms with Crippen molar-refractivity contribution in [3.8, 4) is 11.4 Å². The number of likely N-dealkylation sites (tertiary alicyclic amines) is 1. The van der Waals surface area contributed by atoms with Gasteiger partial charge in [-0.1, -0.05) is 30.3 Å². The number of rotatable bonds is 2. The fraction of sp³-hybridized carbons (Fsp3) is 0.500. The van der Waals surface area contributed by atoms with E-state index in [4.69, 9.17) is 4.98 Å². The third-order valence-corrected chi connectivity index (χ3v) is 6.81. The zero-order valence-electron chi connectivity index (χ0n) is 16.0. The number of amides is 1. The van der Waals surface area contributed by atoms with E-state index in [2.05, 4.69) is 10.3 Å². The average Bonchev–Trinajstić information content (AvgIpc) is 3.38. The second kappa shape index (κ2) is 6.85. The number of hydrogen-bond acceptors (Lipinski definition) is 4. The predicted molar refractivity (Wildman–Crippen MR) is 107 cm³/mol. The van der Waals surface area contributed by atoms with Gasteiger partial charge in [-0.3, -0.25) is 9.59 Å². The Balaban J connectivity index is 1.41. The topological polar surface area (TPSA) is 78.1 Å². The Morgan fingerprint density at radius 3 is 2.64 bits per heavy atom. The van der Waals surface area contributed by atoms with E-state index in [0.717, 1.165) is 75.0 Å². The van der Waals surface area contributed by atoms with Crippen LogP contribution in [-0.4, -0.2) is 46.5 Å². The molecule has 1 aromatic carbocycles. The normalized spacial score (nSPS) is 23.1. The van der Waals surface area contributed by atoms with Crippen molar-refractivity contribution in [2.45, 2.75) is 50.0 Å². The van der Waals surface area contributed by atoms with E-state index in [9.17, 15) is 9.59 Å². The van der Waals surface area contributed by atoms with Crippen molar-refractivity contribution < 1.29 is 4.79 Å². The van der Waals surface area contributed by atoms with Gasteiger partial charge in [-0.25, -0.2) is 4.98 Å². The van der Waals surface area contributed by atoms with Gasteiger partial charge in [0.05, 0.1) is 11.7 Å². The van der Waals surface area contributed by atoms with Crippen molar-refractivity contribution >= 4 is 5.91 Å². The molecule has 1 atom stereocenters. The van der Waals surface area contributed by atoms with Gasteiger partial charge in [0, 0.05) is 29.6 Å². The molecule has 2 saturated heterocycles. The minimum absolute atomic E-state index is 0.00410. The summed E-state index contributed by atoms with van der Waals surface area (Å²) in [4.78, 5) is 35.4. The molecule has 2 aliphatic heterocycles. The van der Waals surface area contributed by atoms with Crippen LogP contribution in [0.5, 0.6) is 0 Å². The molecule has 28 heavy (non-hydrogen) atoms. The summed E-state index contributed by atoms with van der Waals surface area (Å²) in [6, 6.07) is 9.82. The molecule has 1 aromatic heterocycles. The van der Waals surface area contributed by atoms with Crippen LogP contribution in [0.1, 0.15) is 43.4 Å². The number of piperidine rings is 1. The molecule has 0 radical (unpaired) electrons. The van der Waals surface area contributed by atoms with E-state index in [1.165, 1.54) is 0 Å². The summed E-state index contributed by atoms with van der Waals surface area (Å²) in [6.07, 6.45) is 5.55. The first-order valence-electron chi connectivity index (χ1n) is 10.4. The number of hydrogen-bond donors (Lipinski definition) is 2. The number of aromatic nitrogens is 2. The molecular formula is C22H26N4O2. The van der Waals surface area contributed by atoms with Crippen molar-refractivity contribution in [2.75, 3.05) is 19.6 Å². The van der Waals surface area contributed by atoms with Gasteiger partial charge in [0.2, 0.25) is 5.91 Å². The van der Waals surface area contributed by atoms with Gasteiger partial charge in [-0.15, -0.1) is 0 Å². The van der Waals surface area contributed by atoms with E-state index >= 15 is 0 Å². The fourth-order valence-electron chi connectivity index (χ4n) is 5.14. The molecule has 6 nitrogen and oxygen atoms in total. The second-order valence-corrected chi connectivity index (χ2v) is 8.36. The minimum atomic E-state index is -0.0625. The number of fused-ring (bicyclic) bond motifs is 2. The van der Waals surface area contributed by atoms with E-state index in [1.807, 2.05) is 35.2 Å². The Morgan fingerprint density at radius 1 is 1.14 bits per heavy atom. The summed E-state index contributed by atoms with van der Waals surface area (Å²) in [5.41, 5.74) is 2.68. The lowest BCUT2D eigenvalue weighted by Crippen LogP contribution is -2.50. The Labute approximate surface area is 164 Å². The van der Waals surface area contributed by atoms with Crippen LogP contribution in [-0.2, 0) is 16.6 Å². The second-order valence-electron chi connectivity index (χ2n) is 8.36. The number of nitrogens with zero attached hydrogens (tertiary/aromatic N) is 2. The lowest BCUT2D eigenvalue weighted by Gasteiger charge is -2.40. The highest BCUT2D eigenvalue weighted by Crippen LogP contribution is 2.44. The number of H-pyrrole nitrogens is 1. The van der Waals surface area contributed by atoms with Crippen LogP contribution in [0.4, 0.5) is 0 Å². The first-order valence-corrected chi connectivity index (χ1v) is 10.4. The van der Waals surface area contributed by atoms with Crippen LogP contribution in [0.3, 0.4) is 0 Å². The Morgan fingerprint density at radius 2 is 1.93 bits per heavy atom. The maximum absolute atomic E-state index is 12.7. The fourth-order valence-corrected chi connectivity index (χ4v) is 5.14. The third-order valence-electron chi connectivity index (χ3n) is 6.81. The molecule has 5 rings (SSSR count). The Bertz CT molecular complexity index is 939. The van der Waals surface area contributed by atoms with Gasteiger partial charge in [0.1, 0.15) is 5.82 Å². The predicted octanol–water partition coefficient (Wildman–Crippen LogP) is 2.00. The molecule has 6 heteroatoms. The number of benzene rings is 1. The van der Waals surface area contributed by atoms with Crippen molar-refractivity contribution in [2.24, 2.45) is 0 Å². The maximum atomic E-state index is 12.7. The quantitative estimate of drug-likeness (QED) is 0.838. The van der Waals surface area contributed by atoms with E-state index < -0.39 is 0 Å². The number of carbonyl (C=O) groups is 1. The summed E-state index contributed by atoms with van der Waals surface area (Å²) >= 11 is 0. The first kappa shape index (κ1) is 17.6. The molecule has 0 bridgehead atoms.